The van der Waals surface area contributed by atoms with E-state index in [0.717, 1.165) is 5.75 Å². The fraction of sp³-hybridized carbons (Fsp3) is 0.150. The number of anilines is 1. The van der Waals surface area contributed by atoms with Crippen molar-refractivity contribution in [1.82, 2.24) is 9.97 Å². The van der Waals surface area contributed by atoms with Gasteiger partial charge in [-0.3, -0.25) is 0 Å². The second-order valence-electron chi connectivity index (χ2n) is 5.70. The van der Waals surface area contributed by atoms with Gasteiger partial charge in [0.25, 0.3) is 0 Å². The first-order valence-corrected chi connectivity index (χ1v) is 9.07. The van der Waals surface area contributed by atoms with E-state index in [1.807, 2.05) is 30.3 Å². The Morgan fingerprint density at radius 3 is 2.50 bits per heavy atom. The lowest BCUT2D eigenvalue weighted by molar-refractivity contribution is 0.299. The highest BCUT2D eigenvalue weighted by Crippen LogP contribution is 2.24. The maximum atomic E-state index is 9.35. The predicted molar refractivity (Wildman–Crippen MR) is 103 cm³/mol. The molecule has 1 heterocycles. The van der Waals surface area contributed by atoms with Gasteiger partial charge in [-0.1, -0.05) is 59.8 Å². The van der Waals surface area contributed by atoms with Crippen molar-refractivity contribution in [3.63, 3.8) is 0 Å². The molecule has 2 aromatic carbocycles. The Labute approximate surface area is 156 Å². The average Bonchev–Trinajstić information content (AvgIpc) is 2.66. The molecule has 26 heavy (non-hydrogen) atoms. The van der Waals surface area contributed by atoms with Crippen LogP contribution in [0.5, 0.6) is 5.75 Å². The molecule has 130 valence electrons. The first-order valence-electron chi connectivity index (χ1n) is 8.08. The van der Waals surface area contributed by atoms with E-state index in [0.29, 0.717) is 16.6 Å². The van der Waals surface area contributed by atoms with Crippen LogP contribution in [0.1, 0.15) is 22.4 Å². The van der Waals surface area contributed by atoms with Crippen LogP contribution in [0.15, 0.2) is 59.8 Å². The molecule has 0 saturated carbocycles. The lowest BCUT2D eigenvalue weighted by atomic mass is 10.2. The summed E-state index contributed by atoms with van der Waals surface area (Å²) in [5.41, 5.74) is 9.10. The van der Waals surface area contributed by atoms with Gasteiger partial charge in [0, 0.05) is 5.75 Å². The van der Waals surface area contributed by atoms with Crippen LogP contribution in [0, 0.1) is 18.3 Å². The van der Waals surface area contributed by atoms with Crippen LogP contribution in [0.25, 0.3) is 0 Å². The summed E-state index contributed by atoms with van der Waals surface area (Å²) < 4.78 is 5.71. The van der Waals surface area contributed by atoms with Crippen LogP contribution in [-0.4, -0.2) is 9.97 Å². The number of hydrogen-bond acceptors (Lipinski definition) is 6. The maximum absolute atomic E-state index is 9.35. The Morgan fingerprint density at radius 2 is 1.81 bits per heavy atom. The molecular formula is C20H18N4OS. The summed E-state index contributed by atoms with van der Waals surface area (Å²) in [4.78, 5) is 8.72. The molecule has 0 bridgehead atoms. The molecule has 2 N–H and O–H groups in total. The molecule has 6 heteroatoms. The van der Waals surface area contributed by atoms with E-state index in [1.165, 1.54) is 22.9 Å². The number of para-hydroxylation sites is 1. The Bertz CT molecular complexity index is 921. The van der Waals surface area contributed by atoms with Crippen LogP contribution in [-0.2, 0) is 12.4 Å². The molecule has 0 aliphatic heterocycles. The topological polar surface area (TPSA) is 84.8 Å². The molecule has 0 aliphatic rings. The van der Waals surface area contributed by atoms with Crippen molar-refractivity contribution in [2.45, 2.75) is 24.4 Å². The first-order chi connectivity index (χ1) is 12.7. The van der Waals surface area contributed by atoms with Gasteiger partial charge in [0.2, 0.25) is 0 Å². The third-order valence-electron chi connectivity index (χ3n) is 3.71. The highest BCUT2D eigenvalue weighted by molar-refractivity contribution is 7.98. The molecule has 0 saturated heterocycles. The van der Waals surface area contributed by atoms with Crippen LogP contribution in [0.3, 0.4) is 0 Å². The number of benzene rings is 2. The standard InChI is InChI=1S/C20H18N4OS/c1-14-7-9-15(10-8-14)13-26-20-23-18(17(11-21)19(22)24-20)12-25-16-5-3-2-4-6-16/h2-10H,12-13H2,1H3,(H2,22,23,24). The molecular weight excluding hydrogens is 344 g/mol. The number of nitriles is 1. The summed E-state index contributed by atoms with van der Waals surface area (Å²) in [6.45, 7) is 2.22. The molecule has 0 unspecified atom stereocenters. The highest BCUT2D eigenvalue weighted by atomic mass is 32.2. The zero-order valence-corrected chi connectivity index (χ0v) is 15.2. The second-order valence-corrected chi connectivity index (χ2v) is 6.64. The highest BCUT2D eigenvalue weighted by Gasteiger charge is 2.13. The van der Waals surface area contributed by atoms with Gasteiger partial charge in [-0.25, -0.2) is 9.97 Å². The quantitative estimate of drug-likeness (QED) is 0.525. The molecule has 0 amide bonds. The van der Waals surface area contributed by atoms with Gasteiger partial charge >= 0.3 is 0 Å². The summed E-state index contributed by atoms with van der Waals surface area (Å²) in [7, 11) is 0. The van der Waals surface area contributed by atoms with Crippen molar-refractivity contribution < 1.29 is 4.74 Å². The Kier molecular flexibility index (Phi) is 5.72. The number of nitrogen functional groups attached to an aromatic ring is 1. The molecule has 0 fully saturated rings. The third kappa shape index (κ3) is 4.52. The van der Waals surface area contributed by atoms with Gasteiger partial charge in [-0.15, -0.1) is 0 Å². The van der Waals surface area contributed by atoms with Crippen molar-refractivity contribution in [3.8, 4) is 11.8 Å². The fourth-order valence-corrected chi connectivity index (χ4v) is 3.12. The maximum Gasteiger partial charge on any atom is 0.190 e. The summed E-state index contributed by atoms with van der Waals surface area (Å²) in [5.74, 6) is 1.62. The van der Waals surface area contributed by atoms with Crippen LogP contribution in [0.4, 0.5) is 5.82 Å². The average molecular weight is 362 g/mol. The number of ether oxygens (including phenoxy) is 1. The summed E-state index contributed by atoms with van der Waals surface area (Å²) in [5, 5.41) is 9.88. The van der Waals surface area contributed by atoms with Crippen LogP contribution >= 0.6 is 11.8 Å². The van der Waals surface area contributed by atoms with Crippen molar-refractivity contribution in [2.75, 3.05) is 5.73 Å². The van der Waals surface area contributed by atoms with Crippen molar-refractivity contribution in [2.24, 2.45) is 0 Å². The largest absolute Gasteiger partial charge is 0.487 e. The van der Waals surface area contributed by atoms with E-state index in [2.05, 4.69) is 47.2 Å². The third-order valence-corrected chi connectivity index (χ3v) is 4.63. The SMILES string of the molecule is Cc1ccc(CSc2nc(N)c(C#N)c(COc3ccccc3)n2)cc1. The zero-order chi connectivity index (χ0) is 18.4. The number of thioether (sulfide) groups is 1. The van der Waals surface area contributed by atoms with Gasteiger partial charge in [0.1, 0.15) is 35.5 Å². The van der Waals surface area contributed by atoms with E-state index in [4.69, 9.17) is 10.5 Å². The van der Waals surface area contributed by atoms with E-state index >= 15 is 0 Å². The number of aryl methyl sites for hydroxylation is 1. The minimum Gasteiger partial charge on any atom is -0.487 e. The molecule has 0 radical (unpaired) electrons. The molecule has 0 atom stereocenters. The van der Waals surface area contributed by atoms with Crippen LogP contribution < -0.4 is 10.5 Å². The number of rotatable bonds is 6. The fourth-order valence-electron chi connectivity index (χ4n) is 2.29. The van der Waals surface area contributed by atoms with Gasteiger partial charge in [-0.2, -0.15) is 5.26 Å². The minimum absolute atomic E-state index is 0.164. The van der Waals surface area contributed by atoms with E-state index in [-0.39, 0.29) is 18.0 Å². The van der Waals surface area contributed by atoms with Gasteiger partial charge in [-0.05, 0) is 24.6 Å². The molecule has 0 aliphatic carbocycles. The molecule has 3 aromatic rings. The van der Waals surface area contributed by atoms with Gasteiger partial charge in [0.05, 0.1) is 0 Å². The van der Waals surface area contributed by atoms with E-state index < -0.39 is 0 Å². The molecule has 5 nitrogen and oxygen atoms in total. The predicted octanol–water partition coefficient (Wildman–Crippen LogP) is 4.11. The first kappa shape index (κ1) is 17.8. The van der Waals surface area contributed by atoms with Crippen molar-refractivity contribution in [3.05, 3.63) is 77.0 Å². The number of aromatic nitrogens is 2. The smallest absolute Gasteiger partial charge is 0.190 e. The van der Waals surface area contributed by atoms with Crippen molar-refractivity contribution in [1.29, 1.82) is 5.26 Å². The minimum atomic E-state index is 0.164. The number of nitrogens with two attached hydrogens (primary N) is 1. The number of nitrogens with zero attached hydrogens (tertiary/aromatic N) is 3. The molecule has 0 spiro atoms. The van der Waals surface area contributed by atoms with Gasteiger partial charge in [0.15, 0.2) is 5.16 Å². The second kappa shape index (κ2) is 8.37. The lowest BCUT2D eigenvalue weighted by Crippen LogP contribution is -2.08. The summed E-state index contributed by atoms with van der Waals surface area (Å²) in [6.07, 6.45) is 0. The summed E-state index contributed by atoms with van der Waals surface area (Å²) >= 11 is 1.48. The number of hydrogen-bond donors (Lipinski definition) is 1. The van der Waals surface area contributed by atoms with E-state index in [9.17, 15) is 5.26 Å². The Morgan fingerprint density at radius 1 is 1.08 bits per heavy atom. The monoisotopic (exact) mass is 362 g/mol. The van der Waals surface area contributed by atoms with Crippen LogP contribution in [0.2, 0.25) is 0 Å². The summed E-state index contributed by atoms with van der Waals surface area (Å²) in [6, 6.07) is 19.8. The Hall–Kier alpha value is -3.04. The zero-order valence-electron chi connectivity index (χ0n) is 14.3. The molecule has 1 aromatic heterocycles. The normalized spacial score (nSPS) is 10.3. The molecule has 3 rings (SSSR count). The lowest BCUT2D eigenvalue weighted by Gasteiger charge is -2.10. The van der Waals surface area contributed by atoms with Gasteiger partial charge < -0.3 is 10.5 Å². The Balaban J connectivity index is 1.75. The van der Waals surface area contributed by atoms with E-state index in [1.54, 1.807) is 0 Å². The van der Waals surface area contributed by atoms with Crippen molar-refractivity contribution >= 4 is 17.6 Å².